The first kappa shape index (κ1) is 12.8. The number of halogens is 1. The molecule has 0 unspecified atom stereocenters. The molecular weight excluding hydrogens is 228 g/mol. The quantitative estimate of drug-likeness (QED) is 0.699. The number of hydrogen-bond donors (Lipinski definition) is 3. The van der Waals surface area contributed by atoms with Crippen molar-refractivity contribution in [2.24, 2.45) is 0 Å². The SMILES string of the molecule is CC[C@H](CO)NC(=O)c1cccc(Cl)c1N. The minimum Gasteiger partial charge on any atom is -0.397 e. The summed E-state index contributed by atoms with van der Waals surface area (Å²) >= 11 is 5.81. The number of hydrogen-bond acceptors (Lipinski definition) is 3. The number of amides is 1. The number of nitrogens with two attached hydrogens (primary N) is 1. The molecule has 1 atom stereocenters. The molecule has 4 nitrogen and oxygen atoms in total. The van der Waals surface area contributed by atoms with Gasteiger partial charge in [-0.25, -0.2) is 0 Å². The number of carbonyl (C=O) groups is 1. The molecule has 1 rings (SSSR count). The van der Waals surface area contributed by atoms with Crippen LogP contribution < -0.4 is 11.1 Å². The summed E-state index contributed by atoms with van der Waals surface area (Å²) in [6.07, 6.45) is 0.655. The zero-order chi connectivity index (χ0) is 12.1. The predicted molar refractivity (Wildman–Crippen MR) is 64.5 cm³/mol. The van der Waals surface area contributed by atoms with Gasteiger partial charge < -0.3 is 16.2 Å². The van der Waals surface area contributed by atoms with Crippen LogP contribution in [-0.2, 0) is 0 Å². The summed E-state index contributed by atoms with van der Waals surface area (Å²) in [4.78, 5) is 11.8. The largest absolute Gasteiger partial charge is 0.397 e. The van der Waals surface area contributed by atoms with E-state index < -0.39 is 0 Å². The molecule has 0 aliphatic heterocycles. The van der Waals surface area contributed by atoms with Gasteiger partial charge in [0, 0.05) is 0 Å². The Hall–Kier alpha value is -1.26. The predicted octanol–water partition coefficient (Wildman–Crippen LogP) is 1.42. The molecule has 0 radical (unpaired) electrons. The number of rotatable bonds is 4. The van der Waals surface area contributed by atoms with E-state index in [0.717, 1.165) is 0 Å². The monoisotopic (exact) mass is 242 g/mol. The van der Waals surface area contributed by atoms with Crippen LogP contribution in [0.25, 0.3) is 0 Å². The Morgan fingerprint density at radius 3 is 2.88 bits per heavy atom. The number of aliphatic hydroxyl groups excluding tert-OH is 1. The molecule has 0 fully saturated rings. The van der Waals surface area contributed by atoms with Crippen molar-refractivity contribution in [2.75, 3.05) is 12.3 Å². The average molecular weight is 243 g/mol. The summed E-state index contributed by atoms with van der Waals surface area (Å²) < 4.78 is 0. The van der Waals surface area contributed by atoms with Crippen molar-refractivity contribution in [1.82, 2.24) is 5.32 Å². The van der Waals surface area contributed by atoms with Gasteiger partial charge in [-0.2, -0.15) is 0 Å². The smallest absolute Gasteiger partial charge is 0.253 e. The van der Waals surface area contributed by atoms with Crippen molar-refractivity contribution in [3.8, 4) is 0 Å². The molecule has 0 saturated heterocycles. The first-order valence-corrected chi connectivity index (χ1v) is 5.43. The first-order valence-electron chi connectivity index (χ1n) is 5.05. The lowest BCUT2D eigenvalue weighted by Gasteiger charge is -2.15. The highest BCUT2D eigenvalue weighted by atomic mass is 35.5. The molecule has 0 bridgehead atoms. The number of carbonyl (C=O) groups excluding carboxylic acids is 1. The van der Waals surface area contributed by atoms with Crippen LogP contribution in [0, 0.1) is 0 Å². The Labute approximate surface area is 99.4 Å². The van der Waals surface area contributed by atoms with Gasteiger partial charge in [0.05, 0.1) is 28.9 Å². The first-order chi connectivity index (χ1) is 7.60. The van der Waals surface area contributed by atoms with Gasteiger partial charge in [-0.15, -0.1) is 0 Å². The molecule has 1 amide bonds. The fraction of sp³-hybridized carbons (Fsp3) is 0.364. The summed E-state index contributed by atoms with van der Waals surface area (Å²) in [7, 11) is 0. The van der Waals surface area contributed by atoms with Crippen LogP contribution >= 0.6 is 11.6 Å². The van der Waals surface area contributed by atoms with E-state index in [1.807, 2.05) is 6.92 Å². The molecule has 0 aliphatic carbocycles. The molecule has 88 valence electrons. The van der Waals surface area contributed by atoms with Gasteiger partial charge in [-0.1, -0.05) is 24.6 Å². The van der Waals surface area contributed by atoms with Gasteiger partial charge >= 0.3 is 0 Å². The summed E-state index contributed by atoms with van der Waals surface area (Å²) in [5.74, 6) is -0.319. The van der Waals surface area contributed by atoms with E-state index in [0.29, 0.717) is 17.0 Å². The van der Waals surface area contributed by atoms with Gasteiger partial charge in [-0.05, 0) is 18.6 Å². The van der Waals surface area contributed by atoms with Gasteiger partial charge in [0.2, 0.25) is 0 Å². The van der Waals surface area contributed by atoms with E-state index >= 15 is 0 Å². The van der Waals surface area contributed by atoms with Crippen LogP contribution in [0.4, 0.5) is 5.69 Å². The summed E-state index contributed by atoms with van der Waals surface area (Å²) in [5, 5.41) is 12.0. The van der Waals surface area contributed by atoms with Crippen molar-refractivity contribution in [2.45, 2.75) is 19.4 Å². The summed E-state index contributed by atoms with van der Waals surface area (Å²) in [5.41, 5.74) is 6.28. The molecule has 5 heteroatoms. The second kappa shape index (κ2) is 5.72. The number of aliphatic hydroxyl groups is 1. The zero-order valence-electron chi connectivity index (χ0n) is 9.03. The van der Waals surface area contributed by atoms with Crippen LogP contribution in [-0.4, -0.2) is 23.7 Å². The molecule has 1 aromatic carbocycles. The van der Waals surface area contributed by atoms with Crippen molar-refractivity contribution >= 4 is 23.2 Å². The number of anilines is 1. The minimum absolute atomic E-state index is 0.0945. The fourth-order valence-corrected chi connectivity index (χ4v) is 1.45. The van der Waals surface area contributed by atoms with Crippen molar-refractivity contribution < 1.29 is 9.90 Å². The molecule has 0 spiro atoms. The zero-order valence-corrected chi connectivity index (χ0v) is 9.79. The van der Waals surface area contributed by atoms with Crippen LogP contribution in [0.15, 0.2) is 18.2 Å². The van der Waals surface area contributed by atoms with E-state index in [1.165, 1.54) is 0 Å². The Morgan fingerprint density at radius 1 is 1.62 bits per heavy atom. The highest BCUT2D eigenvalue weighted by Crippen LogP contribution is 2.22. The molecule has 0 aliphatic rings. The Morgan fingerprint density at radius 2 is 2.31 bits per heavy atom. The van der Waals surface area contributed by atoms with Gasteiger partial charge in [-0.3, -0.25) is 4.79 Å². The Bertz CT molecular complexity index is 378. The third kappa shape index (κ3) is 2.87. The topological polar surface area (TPSA) is 75.3 Å². The molecular formula is C11H15ClN2O2. The normalized spacial score (nSPS) is 12.2. The summed E-state index contributed by atoms with van der Waals surface area (Å²) in [6.45, 7) is 1.78. The van der Waals surface area contributed by atoms with Crippen LogP contribution in [0.5, 0.6) is 0 Å². The van der Waals surface area contributed by atoms with Crippen LogP contribution in [0.3, 0.4) is 0 Å². The standard InChI is InChI=1S/C11H15ClN2O2/c1-2-7(6-15)14-11(16)8-4-3-5-9(12)10(8)13/h3-5,7,15H,2,6,13H2,1H3,(H,14,16)/t7-/m1/s1. The van der Waals surface area contributed by atoms with E-state index in [-0.39, 0.29) is 24.2 Å². The maximum Gasteiger partial charge on any atom is 0.253 e. The van der Waals surface area contributed by atoms with Crippen molar-refractivity contribution in [3.63, 3.8) is 0 Å². The molecule has 4 N–H and O–H groups in total. The molecule has 1 aromatic rings. The van der Waals surface area contributed by atoms with Crippen molar-refractivity contribution in [3.05, 3.63) is 28.8 Å². The maximum atomic E-state index is 11.8. The fourth-order valence-electron chi connectivity index (χ4n) is 1.27. The second-order valence-corrected chi connectivity index (χ2v) is 3.87. The van der Waals surface area contributed by atoms with Crippen molar-refractivity contribution in [1.29, 1.82) is 0 Å². The molecule has 0 heterocycles. The number of nitrogens with one attached hydrogen (secondary N) is 1. The minimum atomic E-state index is -0.319. The number of para-hydroxylation sites is 1. The molecule has 0 aromatic heterocycles. The van der Waals surface area contributed by atoms with Gasteiger partial charge in [0.15, 0.2) is 0 Å². The summed E-state index contributed by atoms with van der Waals surface area (Å²) in [6, 6.07) is 4.62. The lowest BCUT2D eigenvalue weighted by Crippen LogP contribution is -2.37. The third-order valence-electron chi connectivity index (χ3n) is 2.35. The second-order valence-electron chi connectivity index (χ2n) is 3.46. The highest BCUT2D eigenvalue weighted by Gasteiger charge is 2.14. The lowest BCUT2D eigenvalue weighted by atomic mass is 10.1. The van der Waals surface area contributed by atoms with Crippen LogP contribution in [0.2, 0.25) is 5.02 Å². The number of nitrogen functional groups attached to an aromatic ring is 1. The number of benzene rings is 1. The Balaban J connectivity index is 2.84. The molecule has 16 heavy (non-hydrogen) atoms. The van der Waals surface area contributed by atoms with Crippen LogP contribution in [0.1, 0.15) is 23.7 Å². The van der Waals surface area contributed by atoms with E-state index in [9.17, 15) is 4.79 Å². The van der Waals surface area contributed by atoms with Gasteiger partial charge in [0.1, 0.15) is 0 Å². The Kier molecular flexibility index (Phi) is 4.58. The van der Waals surface area contributed by atoms with E-state index in [4.69, 9.17) is 22.4 Å². The highest BCUT2D eigenvalue weighted by molar-refractivity contribution is 6.33. The average Bonchev–Trinajstić information content (AvgIpc) is 2.29. The van der Waals surface area contributed by atoms with Gasteiger partial charge in [0.25, 0.3) is 5.91 Å². The maximum absolute atomic E-state index is 11.8. The van der Waals surface area contributed by atoms with E-state index in [1.54, 1.807) is 18.2 Å². The third-order valence-corrected chi connectivity index (χ3v) is 2.68. The lowest BCUT2D eigenvalue weighted by molar-refractivity contribution is 0.0916. The van der Waals surface area contributed by atoms with E-state index in [2.05, 4.69) is 5.32 Å². The molecule has 0 saturated carbocycles.